The van der Waals surface area contributed by atoms with Crippen molar-refractivity contribution in [1.29, 1.82) is 0 Å². The number of hydrogen-bond donors (Lipinski definition) is 3. The van der Waals surface area contributed by atoms with Gasteiger partial charge in [0.15, 0.2) is 0 Å². The number of likely N-dealkylation sites (N-methyl/N-ethyl adjacent to an activating group) is 1. The standard InChI is InChI=1S/C17H26N4O5S/c1-20(2)11-9-18-16(22)17(23)19-13-15-21(10-6-12-26-15)27(24,25)14-7-4-3-5-8-14/h3-5,7-8,15H,6,9-13H2,1-2H3,(H,18,22)(H,19,23)/p+1/t15-/m1/s1. The predicted octanol–water partition coefficient (Wildman–Crippen LogP) is -2.20. The molecule has 0 aliphatic carbocycles. The number of nitrogens with one attached hydrogen (secondary N) is 3. The molecule has 1 aromatic rings. The Morgan fingerprint density at radius 2 is 1.85 bits per heavy atom. The van der Waals surface area contributed by atoms with E-state index in [0.717, 1.165) is 4.90 Å². The summed E-state index contributed by atoms with van der Waals surface area (Å²) in [7, 11) is 0.128. The maximum Gasteiger partial charge on any atom is 0.309 e. The van der Waals surface area contributed by atoms with Crippen LogP contribution in [0.1, 0.15) is 6.42 Å². The molecule has 0 radical (unpaired) electrons. The van der Waals surface area contributed by atoms with Gasteiger partial charge in [0.2, 0.25) is 10.0 Å². The highest BCUT2D eigenvalue weighted by Crippen LogP contribution is 2.21. The summed E-state index contributed by atoms with van der Waals surface area (Å²) in [5.41, 5.74) is 0. The molecule has 1 aliphatic heterocycles. The Kier molecular flexibility index (Phi) is 7.72. The van der Waals surface area contributed by atoms with Crippen LogP contribution in [0.3, 0.4) is 0 Å². The lowest BCUT2D eigenvalue weighted by Crippen LogP contribution is -3.06. The Morgan fingerprint density at radius 3 is 2.52 bits per heavy atom. The molecule has 27 heavy (non-hydrogen) atoms. The molecule has 10 heteroatoms. The van der Waals surface area contributed by atoms with E-state index in [4.69, 9.17) is 4.74 Å². The van der Waals surface area contributed by atoms with Gasteiger partial charge in [0.1, 0.15) is 6.23 Å². The van der Waals surface area contributed by atoms with Gasteiger partial charge in [0.05, 0.1) is 45.2 Å². The molecule has 1 aromatic carbocycles. The lowest BCUT2D eigenvalue weighted by atomic mass is 10.3. The fourth-order valence-corrected chi connectivity index (χ4v) is 4.18. The third-order valence-electron chi connectivity index (χ3n) is 4.06. The van der Waals surface area contributed by atoms with Crippen molar-refractivity contribution in [2.24, 2.45) is 0 Å². The van der Waals surface area contributed by atoms with Crippen LogP contribution in [0, 0.1) is 0 Å². The average Bonchev–Trinajstić information content (AvgIpc) is 2.66. The average molecular weight is 399 g/mol. The third-order valence-corrected chi connectivity index (χ3v) is 5.96. The molecule has 0 unspecified atom stereocenters. The van der Waals surface area contributed by atoms with Crippen LogP contribution in [-0.4, -0.2) is 77.6 Å². The lowest BCUT2D eigenvalue weighted by Gasteiger charge is -2.34. The topological polar surface area (TPSA) is 109 Å². The van der Waals surface area contributed by atoms with Gasteiger partial charge in [-0.3, -0.25) is 9.59 Å². The Morgan fingerprint density at radius 1 is 1.19 bits per heavy atom. The molecule has 0 aromatic heterocycles. The molecule has 0 spiro atoms. The first-order valence-electron chi connectivity index (χ1n) is 8.86. The number of benzene rings is 1. The van der Waals surface area contributed by atoms with Crippen LogP contribution in [0.25, 0.3) is 0 Å². The van der Waals surface area contributed by atoms with Crippen LogP contribution in [0.4, 0.5) is 0 Å². The molecule has 1 aliphatic rings. The molecular weight excluding hydrogens is 372 g/mol. The summed E-state index contributed by atoms with van der Waals surface area (Å²) in [6.07, 6.45) is -0.295. The van der Waals surface area contributed by atoms with E-state index in [1.807, 2.05) is 14.1 Å². The zero-order chi connectivity index (χ0) is 19.9. The van der Waals surface area contributed by atoms with Gasteiger partial charge in [0.25, 0.3) is 0 Å². The first kappa shape index (κ1) is 21.3. The van der Waals surface area contributed by atoms with Gasteiger partial charge in [0, 0.05) is 6.54 Å². The van der Waals surface area contributed by atoms with E-state index in [9.17, 15) is 18.0 Å². The molecule has 0 saturated carbocycles. The molecule has 1 atom stereocenters. The number of rotatable bonds is 7. The van der Waals surface area contributed by atoms with Gasteiger partial charge in [-0.15, -0.1) is 0 Å². The number of amides is 2. The Hall–Kier alpha value is -2.01. The number of quaternary nitrogens is 1. The van der Waals surface area contributed by atoms with Crippen LogP contribution in [0.5, 0.6) is 0 Å². The van der Waals surface area contributed by atoms with E-state index < -0.39 is 28.1 Å². The molecule has 1 fully saturated rings. The second-order valence-corrected chi connectivity index (χ2v) is 8.42. The number of nitrogens with zero attached hydrogens (tertiary/aromatic N) is 1. The monoisotopic (exact) mass is 399 g/mol. The largest absolute Gasteiger partial charge is 0.360 e. The van der Waals surface area contributed by atoms with Crippen LogP contribution in [0.15, 0.2) is 35.2 Å². The van der Waals surface area contributed by atoms with Gasteiger partial charge >= 0.3 is 11.8 Å². The van der Waals surface area contributed by atoms with Gasteiger partial charge in [-0.05, 0) is 18.6 Å². The first-order valence-corrected chi connectivity index (χ1v) is 10.3. The minimum atomic E-state index is -3.75. The summed E-state index contributed by atoms with van der Waals surface area (Å²) < 4.78 is 32.4. The highest BCUT2D eigenvalue weighted by atomic mass is 32.2. The molecule has 1 heterocycles. The van der Waals surface area contributed by atoms with Crippen LogP contribution in [-0.2, 0) is 24.3 Å². The summed E-state index contributed by atoms with van der Waals surface area (Å²) in [4.78, 5) is 25.0. The Labute approximate surface area is 159 Å². The smallest absolute Gasteiger partial charge is 0.309 e. The highest BCUT2D eigenvalue weighted by Gasteiger charge is 2.34. The van der Waals surface area contributed by atoms with E-state index >= 15 is 0 Å². The second-order valence-electron chi connectivity index (χ2n) is 6.53. The summed E-state index contributed by atoms with van der Waals surface area (Å²) >= 11 is 0. The van der Waals surface area contributed by atoms with E-state index in [1.54, 1.807) is 18.2 Å². The van der Waals surface area contributed by atoms with E-state index in [-0.39, 0.29) is 18.0 Å². The fraction of sp³-hybridized carbons (Fsp3) is 0.529. The number of sulfonamides is 1. The van der Waals surface area contributed by atoms with Gasteiger partial charge in [-0.2, -0.15) is 4.31 Å². The van der Waals surface area contributed by atoms with Crippen LogP contribution >= 0.6 is 0 Å². The molecule has 1 saturated heterocycles. The fourth-order valence-electron chi connectivity index (χ4n) is 2.60. The molecular formula is C17H27N4O5S+. The van der Waals surface area contributed by atoms with Crippen molar-refractivity contribution in [3.05, 3.63) is 30.3 Å². The second kappa shape index (κ2) is 9.79. The van der Waals surface area contributed by atoms with E-state index in [0.29, 0.717) is 26.1 Å². The van der Waals surface area contributed by atoms with Gasteiger partial charge in [-0.25, -0.2) is 8.42 Å². The summed E-state index contributed by atoms with van der Waals surface area (Å²) in [5, 5.41) is 4.98. The maximum atomic E-state index is 12.8. The number of carbonyl (C=O) groups is 2. The molecule has 9 nitrogen and oxygen atoms in total. The highest BCUT2D eigenvalue weighted by molar-refractivity contribution is 7.89. The van der Waals surface area contributed by atoms with Crippen LogP contribution in [0.2, 0.25) is 0 Å². The number of ether oxygens (including phenoxy) is 1. The van der Waals surface area contributed by atoms with Crippen molar-refractivity contribution in [2.45, 2.75) is 17.5 Å². The van der Waals surface area contributed by atoms with Crippen molar-refractivity contribution < 1.29 is 27.6 Å². The zero-order valence-electron chi connectivity index (χ0n) is 15.6. The molecule has 0 bridgehead atoms. The van der Waals surface area contributed by atoms with Crippen molar-refractivity contribution >= 4 is 21.8 Å². The number of hydrogen-bond acceptors (Lipinski definition) is 5. The van der Waals surface area contributed by atoms with Crippen molar-refractivity contribution in [3.63, 3.8) is 0 Å². The van der Waals surface area contributed by atoms with Crippen molar-refractivity contribution in [3.8, 4) is 0 Å². The molecule has 3 N–H and O–H groups in total. The molecule has 150 valence electrons. The zero-order valence-corrected chi connectivity index (χ0v) is 16.4. The van der Waals surface area contributed by atoms with Gasteiger partial charge < -0.3 is 20.3 Å². The van der Waals surface area contributed by atoms with Crippen molar-refractivity contribution in [2.75, 3.05) is 46.9 Å². The van der Waals surface area contributed by atoms with Gasteiger partial charge in [-0.1, -0.05) is 18.2 Å². The normalized spacial score (nSPS) is 18.3. The predicted molar refractivity (Wildman–Crippen MR) is 98.4 cm³/mol. The quantitative estimate of drug-likeness (QED) is 0.451. The Balaban J connectivity index is 1.96. The SMILES string of the molecule is C[NH+](C)CCNC(=O)C(=O)NC[C@H]1OCCCN1S(=O)(=O)c1ccccc1. The first-order chi connectivity index (χ1) is 12.8. The minimum Gasteiger partial charge on any atom is -0.360 e. The molecule has 2 amide bonds. The Bertz CT molecular complexity index is 739. The maximum absolute atomic E-state index is 12.8. The summed E-state index contributed by atoms with van der Waals surface area (Å²) in [6, 6.07) is 8.06. The summed E-state index contributed by atoms with van der Waals surface area (Å²) in [5.74, 6) is -1.56. The number of carbonyl (C=O) groups excluding carboxylic acids is 2. The minimum absolute atomic E-state index is 0.1000. The van der Waals surface area contributed by atoms with E-state index in [1.165, 1.54) is 16.4 Å². The van der Waals surface area contributed by atoms with E-state index in [2.05, 4.69) is 10.6 Å². The third kappa shape index (κ3) is 5.99. The van der Waals surface area contributed by atoms with Crippen molar-refractivity contribution in [1.82, 2.24) is 14.9 Å². The summed E-state index contributed by atoms with van der Waals surface area (Å²) in [6.45, 7) is 1.64. The van der Waals surface area contributed by atoms with Crippen LogP contribution < -0.4 is 15.5 Å². The molecule has 2 rings (SSSR count). The lowest BCUT2D eigenvalue weighted by molar-refractivity contribution is -0.856.